The molecule has 0 radical (unpaired) electrons. The second-order valence-corrected chi connectivity index (χ2v) is 4.83. The largest absolute Gasteiger partial charge is 0.324 e. The summed E-state index contributed by atoms with van der Waals surface area (Å²) in [7, 11) is 0. The van der Waals surface area contributed by atoms with Crippen LogP contribution in [0.15, 0.2) is 11.6 Å². The van der Waals surface area contributed by atoms with E-state index in [1.165, 1.54) is 64.2 Å². The smallest absolute Gasteiger partial charge is 0.0253 e. The molecule has 0 saturated carbocycles. The van der Waals surface area contributed by atoms with Crippen LogP contribution in [0.4, 0.5) is 0 Å². The molecule has 1 heteroatoms. The first-order chi connectivity index (χ1) is 7.34. The Kier molecular flexibility index (Phi) is 6.74. The average Bonchev–Trinajstić information content (AvgIpc) is 2.52. The van der Waals surface area contributed by atoms with Crippen molar-refractivity contribution >= 4 is 0 Å². The fraction of sp³-hybridized carbons (Fsp3) is 0.857. The highest BCUT2D eigenvalue weighted by molar-refractivity contribution is 5.11. The summed E-state index contributed by atoms with van der Waals surface area (Å²) in [6.07, 6.45) is 15.6. The lowest BCUT2D eigenvalue weighted by Crippen LogP contribution is -2.22. The molecule has 1 aliphatic carbocycles. The van der Waals surface area contributed by atoms with Crippen LogP contribution in [0.2, 0.25) is 0 Å². The Balaban J connectivity index is 2.19. The summed E-state index contributed by atoms with van der Waals surface area (Å²) in [5.74, 6) is 0. The van der Waals surface area contributed by atoms with E-state index in [4.69, 9.17) is 5.73 Å². The maximum absolute atomic E-state index is 6.23. The van der Waals surface area contributed by atoms with Crippen LogP contribution < -0.4 is 5.73 Å². The second kappa shape index (κ2) is 7.92. The number of hydrogen-bond donors (Lipinski definition) is 1. The summed E-state index contributed by atoms with van der Waals surface area (Å²) in [5.41, 5.74) is 7.78. The quantitative estimate of drug-likeness (QED) is 0.515. The van der Waals surface area contributed by atoms with Crippen molar-refractivity contribution in [1.29, 1.82) is 0 Å². The van der Waals surface area contributed by atoms with Gasteiger partial charge in [0, 0.05) is 6.04 Å². The van der Waals surface area contributed by atoms with E-state index < -0.39 is 0 Å². The number of allylic oxidation sites excluding steroid dienone is 1. The van der Waals surface area contributed by atoms with Crippen LogP contribution >= 0.6 is 0 Å². The van der Waals surface area contributed by atoms with E-state index in [9.17, 15) is 0 Å². The van der Waals surface area contributed by atoms with Gasteiger partial charge in [0.15, 0.2) is 0 Å². The highest BCUT2D eigenvalue weighted by atomic mass is 14.6. The molecule has 88 valence electrons. The third kappa shape index (κ3) is 5.36. The first-order valence-corrected chi connectivity index (χ1v) is 6.79. The van der Waals surface area contributed by atoms with E-state index in [0.29, 0.717) is 6.04 Å². The Morgan fingerprint density at radius 2 is 2.07 bits per heavy atom. The van der Waals surface area contributed by atoms with Gasteiger partial charge in [-0.05, 0) is 32.1 Å². The van der Waals surface area contributed by atoms with E-state index in [1.54, 1.807) is 5.57 Å². The van der Waals surface area contributed by atoms with Crippen molar-refractivity contribution in [2.75, 3.05) is 0 Å². The van der Waals surface area contributed by atoms with Gasteiger partial charge in [0.25, 0.3) is 0 Å². The Morgan fingerprint density at radius 1 is 1.20 bits per heavy atom. The molecule has 0 heterocycles. The Hall–Kier alpha value is -0.300. The van der Waals surface area contributed by atoms with Gasteiger partial charge >= 0.3 is 0 Å². The van der Waals surface area contributed by atoms with Crippen LogP contribution in [0, 0.1) is 0 Å². The third-order valence-electron chi connectivity index (χ3n) is 3.42. The summed E-state index contributed by atoms with van der Waals surface area (Å²) >= 11 is 0. The maximum Gasteiger partial charge on any atom is 0.0253 e. The molecule has 2 N–H and O–H groups in total. The molecule has 0 aliphatic heterocycles. The van der Waals surface area contributed by atoms with E-state index in [0.717, 1.165) is 0 Å². The van der Waals surface area contributed by atoms with Gasteiger partial charge < -0.3 is 5.73 Å². The van der Waals surface area contributed by atoms with Gasteiger partial charge in [0.1, 0.15) is 0 Å². The zero-order valence-electron chi connectivity index (χ0n) is 10.3. The highest BCUT2D eigenvalue weighted by Crippen LogP contribution is 2.21. The minimum atomic E-state index is 0.361. The molecule has 1 atom stereocenters. The fourth-order valence-corrected chi connectivity index (χ4v) is 2.35. The molecule has 0 aromatic rings. The SMILES string of the molecule is CCCCCCC(N)C1=CCCCCC1. The summed E-state index contributed by atoms with van der Waals surface area (Å²) < 4.78 is 0. The normalized spacial score (nSPS) is 19.5. The first-order valence-electron chi connectivity index (χ1n) is 6.79. The Bertz CT molecular complexity index is 184. The van der Waals surface area contributed by atoms with Crippen LogP contribution in [-0.4, -0.2) is 6.04 Å². The topological polar surface area (TPSA) is 26.0 Å². The first kappa shape index (κ1) is 12.8. The lowest BCUT2D eigenvalue weighted by molar-refractivity contribution is 0.572. The molecule has 1 aliphatic rings. The summed E-state index contributed by atoms with van der Waals surface area (Å²) in [4.78, 5) is 0. The average molecular weight is 209 g/mol. The van der Waals surface area contributed by atoms with Crippen LogP contribution in [0.5, 0.6) is 0 Å². The van der Waals surface area contributed by atoms with E-state index in [1.807, 2.05) is 0 Å². The molecule has 0 aromatic heterocycles. The number of rotatable bonds is 6. The second-order valence-electron chi connectivity index (χ2n) is 4.83. The van der Waals surface area contributed by atoms with Crippen molar-refractivity contribution in [3.63, 3.8) is 0 Å². The molecule has 0 spiro atoms. The van der Waals surface area contributed by atoms with E-state index in [2.05, 4.69) is 13.0 Å². The van der Waals surface area contributed by atoms with Gasteiger partial charge in [0.05, 0.1) is 0 Å². The van der Waals surface area contributed by atoms with Gasteiger partial charge in [-0.1, -0.05) is 50.7 Å². The van der Waals surface area contributed by atoms with Gasteiger partial charge in [-0.15, -0.1) is 0 Å². The molecule has 1 rings (SSSR count). The Labute approximate surface area is 95.1 Å². The molecule has 0 fully saturated rings. The van der Waals surface area contributed by atoms with E-state index >= 15 is 0 Å². The van der Waals surface area contributed by atoms with Gasteiger partial charge in [-0.2, -0.15) is 0 Å². The molecule has 15 heavy (non-hydrogen) atoms. The molecular formula is C14H27N. The summed E-state index contributed by atoms with van der Waals surface area (Å²) in [6, 6.07) is 0.361. The molecule has 0 aromatic carbocycles. The van der Waals surface area contributed by atoms with Crippen LogP contribution in [0.1, 0.15) is 71.1 Å². The number of nitrogens with two attached hydrogens (primary N) is 1. The van der Waals surface area contributed by atoms with Crippen molar-refractivity contribution < 1.29 is 0 Å². The standard InChI is InChI=1S/C14H27N/c1-2-3-4-9-12-14(15)13-10-7-5-6-8-11-13/h10,14H,2-9,11-12,15H2,1H3. The van der Waals surface area contributed by atoms with Crippen LogP contribution in [0.25, 0.3) is 0 Å². The lowest BCUT2D eigenvalue weighted by Gasteiger charge is -2.15. The minimum absolute atomic E-state index is 0.361. The van der Waals surface area contributed by atoms with Gasteiger partial charge in [0.2, 0.25) is 0 Å². The van der Waals surface area contributed by atoms with Crippen molar-refractivity contribution in [1.82, 2.24) is 0 Å². The van der Waals surface area contributed by atoms with Crippen LogP contribution in [-0.2, 0) is 0 Å². The lowest BCUT2D eigenvalue weighted by atomic mass is 9.97. The molecule has 0 amide bonds. The van der Waals surface area contributed by atoms with Crippen LogP contribution in [0.3, 0.4) is 0 Å². The predicted octanol–water partition coefficient (Wildman–Crippen LogP) is 4.17. The molecule has 1 nitrogen and oxygen atoms in total. The molecular weight excluding hydrogens is 182 g/mol. The van der Waals surface area contributed by atoms with Crippen molar-refractivity contribution in [3.8, 4) is 0 Å². The highest BCUT2D eigenvalue weighted by Gasteiger charge is 2.10. The van der Waals surface area contributed by atoms with Gasteiger partial charge in [-0.3, -0.25) is 0 Å². The number of hydrogen-bond acceptors (Lipinski definition) is 1. The van der Waals surface area contributed by atoms with E-state index in [-0.39, 0.29) is 0 Å². The minimum Gasteiger partial charge on any atom is -0.324 e. The van der Waals surface area contributed by atoms with Gasteiger partial charge in [-0.25, -0.2) is 0 Å². The fourth-order valence-electron chi connectivity index (χ4n) is 2.35. The molecule has 0 saturated heterocycles. The monoisotopic (exact) mass is 209 g/mol. The third-order valence-corrected chi connectivity index (χ3v) is 3.42. The molecule has 0 bridgehead atoms. The Morgan fingerprint density at radius 3 is 2.87 bits per heavy atom. The van der Waals surface area contributed by atoms with Crippen molar-refractivity contribution in [3.05, 3.63) is 11.6 Å². The van der Waals surface area contributed by atoms with Crippen molar-refractivity contribution in [2.24, 2.45) is 5.73 Å². The number of unbranched alkanes of at least 4 members (excludes halogenated alkanes) is 3. The van der Waals surface area contributed by atoms with Crippen molar-refractivity contribution in [2.45, 2.75) is 77.2 Å². The maximum atomic E-state index is 6.23. The molecule has 1 unspecified atom stereocenters. The predicted molar refractivity (Wildman–Crippen MR) is 67.9 cm³/mol. The summed E-state index contributed by atoms with van der Waals surface area (Å²) in [5, 5.41) is 0. The zero-order valence-corrected chi connectivity index (χ0v) is 10.3. The summed E-state index contributed by atoms with van der Waals surface area (Å²) in [6.45, 7) is 2.26. The zero-order chi connectivity index (χ0) is 10.9.